The molecule has 2 aromatic heterocycles. The summed E-state index contributed by atoms with van der Waals surface area (Å²) in [6.07, 6.45) is 1.51. The van der Waals surface area contributed by atoms with Crippen molar-refractivity contribution in [2.45, 2.75) is 17.8 Å². The van der Waals surface area contributed by atoms with Crippen LogP contribution in [0.25, 0.3) is 0 Å². The molecule has 0 unspecified atom stereocenters. The van der Waals surface area contributed by atoms with E-state index >= 15 is 0 Å². The lowest BCUT2D eigenvalue weighted by molar-refractivity contribution is -0.117. The lowest BCUT2D eigenvalue weighted by atomic mass is 10.4. The van der Waals surface area contributed by atoms with Crippen LogP contribution in [0.15, 0.2) is 27.2 Å². The fourth-order valence-electron chi connectivity index (χ4n) is 1.41. The second-order valence-corrected chi connectivity index (χ2v) is 6.20. The van der Waals surface area contributed by atoms with E-state index in [4.69, 9.17) is 4.42 Å². The van der Waals surface area contributed by atoms with E-state index < -0.39 is 11.9 Å². The van der Waals surface area contributed by atoms with Gasteiger partial charge in [0.25, 0.3) is 0 Å². The molecule has 0 saturated heterocycles. The van der Waals surface area contributed by atoms with Crippen LogP contribution in [0.5, 0.6) is 0 Å². The van der Waals surface area contributed by atoms with Crippen molar-refractivity contribution in [3.05, 3.63) is 24.2 Å². The van der Waals surface area contributed by atoms with Crippen molar-refractivity contribution in [3.63, 3.8) is 0 Å². The van der Waals surface area contributed by atoms with E-state index in [0.717, 1.165) is 6.54 Å². The van der Waals surface area contributed by atoms with Gasteiger partial charge in [0.2, 0.25) is 11.0 Å². The normalized spacial score (nSPS) is 10.2. The van der Waals surface area contributed by atoms with Gasteiger partial charge in [-0.15, -0.1) is 10.2 Å². The van der Waals surface area contributed by atoms with Crippen LogP contribution in [0.3, 0.4) is 0 Å². The molecule has 3 N–H and O–H groups in total. The molecule has 0 aliphatic carbocycles. The van der Waals surface area contributed by atoms with E-state index in [9.17, 15) is 9.59 Å². The van der Waals surface area contributed by atoms with Crippen LogP contribution in [-0.4, -0.2) is 34.4 Å². The number of nitrogens with one attached hydrogen (secondary N) is 3. The minimum atomic E-state index is -0.562. The molecule has 0 aliphatic rings. The molecule has 8 nitrogen and oxygen atoms in total. The Bertz CT molecular complexity index is 614. The van der Waals surface area contributed by atoms with E-state index in [-0.39, 0.29) is 12.3 Å². The SMILES string of the molecule is CCNc1nnc(SCC(=O)NC(=O)NCc2ccco2)s1. The van der Waals surface area contributed by atoms with Gasteiger partial charge in [-0.05, 0) is 19.1 Å². The van der Waals surface area contributed by atoms with Gasteiger partial charge in [-0.3, -0.25) is 10.1 Å². The second kappa shape index (κ2) is 8.39. The molecule has 2 aromatic rings. The average molecular weight is 341 g/mol. The highest BCUT2D eigenvalue weighted by Gasteiger charge is 2.11. The van der Waals surface area contributed by atoms with Gasteiger partial charge in [-0.2, -0.15) is 0 Å². The Hall–Kier alpha value is -2.07. The first-order valence-corrected chi connectivity index (χ1v) is 8.28. The summed E-state index contributed by atoms with van der Waals surface area (Å²) in [4.78, 5) is 23.2. The first-order valence-electron chi connectivity index (χ1n) is 6.47. The number of thioether (sulfide) groups is 1. The van der Waals surface area contributed by atoms with Gasteiger partial charge in [0.15, 0.2) is 4.34 Å². The van der Waals surface area contributed by atoms with E-state index in [1.165, 1.54) is 29.4 Å². The van der Waals surface area contributed by atoms with Gasteiger partial charge < -0.3 is 15.1 Å². The van der Waals surface area contributed by atoms with Crippen molar-refractivity contribution >= 4 is 40.2 Å². The third-order valence-electron chi connectivity index (χ3n) is 2.32. The summed E-state index contributed by atoms with van der Waals surface area (Å²) in [5.74, 6) is 0.304. The number of urea groups is 1. The van der Waals surface area contributed by atoms with Crippen LogP contribution < -0.4 is 16.0 Å². The monoisotopic (exact) mass is 341 g/mol. The highest BCUT2D eigenvalue weighted by molar-refractivity contribution is 8.01. The lowest BCUT2D eigenvalue weighted by Crippen LogP contribution is -2.39. The predicted octanol–water partition coefficient (Wildman–Crippen LogP) is 1.68. The molecule has 0 spiro atoms. The number of anilines is 1. The Morgan fingerprint density at radius 2 is 2.27 bits per heavy atom. The number of rotatable bonds is 7. The summed E-state index contributed by atoms with van der Waals surface area (Å²) in [5, 5.41) is 16.4. The fourth-order valence-corrected chi connectivity index (χ4v) is 3.03. The maximum Gasteiger partial charge on any atom is 0.321 e. The molecular formula is C12H15N5O3S2. The van der Waals surface area contributed by atoms with Gasteiger partial charge in [0.1, 0.15) is 5.76 Å². The Kier molecular flexibility index (Phi) is 6.22. The van der Waals surface area contributed by atoms with Crippen molar-refractivity contribution in [2.75, 3.05) is 17.6 Å². The Balaban J connectivity index is 1.67. The van der Waals surface area contributed by atoms with Crippen molar-refractivity contribution in [3.8, 4) is 0 Å². The number of aromatic nitrogens is 2. The summed E-state index contributed by atoms with van der Waals surface area (Å²) in [6, 6.07) is 2.89. The highest BCUT2D eigenvalue weighted by atomic mass is 32.2. The van der Waals surface area contributed by atoms with Crippen LogP contribution in [-0.2, 0) is 11.3 Å². The molecule has 22 heavy (non-hydrogen) atoms. The minimum absolute atomic E-state index is 0.0922. The molecule has 118 valence electrons. The number of carbonyl (C=O) groups is 2. The molecule has 0 radical (unpaired) electrons. The summed E-state index contributed by atoms with van der Waals surface area (Å²) >= 11 is 2.59. The molecular weight excluding hydrogens is 326 g/mol. The summed E-state index contributed by atoms with van der Waals surface area (Å²) in [7, 11) is 0. The van der Waals surface area contributed by atoms with E-state index in [0.29, 0.717) is 15.2 Å². The van der Waals surface area contributed by atoms with Crippen LogP contribution in [0.2, 0.25) is 0 Å². The van der Waals surface area contributed by atoms with Gasteiger partial charge in [-0.25, -0.2) is 4.79 Å². The van der Waals surface area contributed by atoms with Crippen molar-refractivity contribution < 1.29 is 14.0 Å². The Labute approximate surface area is 135 Å². The second-order valence-electron chi connectivity index (χ2n) is 4.00. The molecule has 0 fully saturated rings. The highest BCUT2D eigenvalue weighted by Crippen LogP contribution is 2.24. The molecule has 0 saturated carbocycles. The lowest BCUT2D eigenvalue weighted by Gasteiger charge is -2.04. The van der Waals surface area contributed by atoms with Gasteiger partial charge in [-0.1, -0.05) is 23.1 Å². The summed E-state index contributed by atoms with van der Waals surface area (Å²) < 4.78 is 5.73. The minimum Gasteiger partial charge on any atom is -0.467 e. The van der Waals surface area contributed by atoms with Gasteiger partial charge >= 0.3 is 6.03 Å². The summed E-state index contributed by atoms with van der Waals surface area (Å²) in [6.45, 7) is 2.94. The van der Waals surface area contributed by atoms with E-state index in [1.807, 2.05) is 6.92 Å². The molecule has 2 heterocycles. The predicted molar refractivity (Wildman–Crippen MR) is 83.9 cm³/mol. The van der Waals surface area contributed by atoms with Crippen LogP contribution in [0.1, 0.15) is 12.7 Å². The molecule has 2 rings (SSSR count). The van der Waals surface area contributed by atoms with E-state index in [1.54, 1.807) is 12.1 Å². The molecule has 0 aliphatic heterocycles. The first-order chi connectivity index (χ1) is 10.7. The smallest absolute Gasteiger partial charge is 0.321 e. The third kappa shape index (κ3) is 5.37. The standard InChI is InChI=1S/C12H15N5O3S2/c1-2-13-11-16-17-12(22-11)21-7-9(18)15-10(19)14-6-8-4-3-5-20-8/h3-5H,2,6-7H2,1H3,(H,13,16)(H2,14,15,18,19). The largest absolute Gasteiger partial charge is 0.467 e. The number of imide groups is 1. The Morgan fingerprint density at radius 1 is 1.41 bits per heavy atom. The Morgan fingerprint density at radius 3 is 3.00 bits per heavy atom. The van der Waals surface area contributed by atoms with Crippen molar-refractivity contribution in [1.82, 2.24) is 20.8 Å². The number of carbonyl (C=O) groups excluding carboxylic acids is 2. The number of hydrogen-bond donors (Lipinski definition) is 3. The molecule has 3 amide bonds. The number of furan rings is 1. The molecule has 0 aromatic carbocycles. The first kappa shape index (κ1) is 16.3. The van der Waals surface area contributed by atoms with Crippen LogP contribution in [0.4, 0.5) is 9.93 Å². The third-order valence-corrected chi connectivity index (χ3v) is 4.33. The average Bonchev–Trinajstić information content (AvgIpc) is 3.15. The maximum absolute atomic E-state index is 11.6. The zero-order valence-corrected chi connectivity index (χ0v) is 13.4. The number of hydrogen-bond acceptors (Lipinski definition) is 8. The zero-order chi connectivity index (χ0) is 15.8. The molecule has 10 heteroatoms. The van der Waals surface area contributed by atoms with Gasteiger partial charge in [0.05, 0.1) is 18.6 Å². The fraction of sp³-hybridized carbons (Fsp3) is 0.333. The summed E-state index contributed by atoms with van der Waals surface area (Å²) in [5.41, 5.74) is 0. The maximum atomic E-state index is 11.6. The van der Waals surface area contributed by atoms with E-state index in [2.05, 4.69) is 26.1 Å². The molecule has 0 bridgehead atoms. The topological polar surface area (TPSA) is 109 Å². The zero-order valence-electron chi connectivity index (χ0n) is 11.8. The van der Waals surface area contributed by atoms with Crippen LogP contribution >= 0.6 is 23.1 Å². The number of nitrogens with zero attached hydrogens (tertiary/aromatic N) is 2. The quantitative estimate of drug-likeness (QED) is 0.657. The van der Waals surface area contributed by atoms with Crippen molar-refractivity contribution in [1.29, 1.82) is 0 Å². The van der Waals surface area contributed by atoms with Crippen molar-refractivity contribution in [2.24, 2.45) is 0 Å². The number of amides is 3. The van der Waals surface area contributed by atoms with Gasteiger partial charge in [0, 0.05) is 6.54 Å². The molecule has 0 atom stereocenters. The van der Waals surface area contributed by atoms with Crippen LogP contribution in [0, 0.1) is 0 Å².